The maximum atomic E-state index is 13.5. The van der Waals surface area contributed by atoms with Crippen molar-refractivity contribution in [3.63, 3.8) is 0 Å². The number of pyridine rings is 1. The molecule has 4 heterocycles. The Balaban J connectivity index is 1.41. The average molecular weight is 480 g/mol. The van der Waals surface area contributed by atoms with Crippen LogP contribution in [-0.4, -0.2) is 54.3 Å². The van der Waals surface area contributed by atoms with E-state index in [1.807, 2.05) is 29.7 Å². The van der Waals surface area contributed by atoms with Crippen LogP contribution in [0.25, 0.3) is 10.9 Å². The van der Waals surface area contributed by atoms with Gasteiger partial charge in [0.2, 0.25) is 0 Å². The number of esters is 1. The Morgan fingerprint density at radius 1 is 1.26 bits per heavy atom. The van der Waals surface area contributed by atoms with Crippen molar-refractivity contribution in [2.75, 3.05) is 32.1 Å². The maximum absolute atomic E-state index is 13.5. The number of aromatic nitrogens is 2. The second kappa shape index (κ2) is 9.22. The van der Waals surface area contributed by atoms with E-state index in [1.165, 1.54) is 4.90 Å². The summed E-state index contributed by atoms with van der Waals surface area (Å²) in [5.41, 5.74) is 2.44. The van der Waals surface area contributed by atoms with Crippen LogP contribution in [0, 0.1) is 5.92 Å². The van der Waals surface area contributed by atoms with Gasteiger partial charge in [0.1, 0.15) is 11.4 Å². The predicted molar refractivity (Wildman–Crippen MR) is 131 cm³/mol. The van der Waals surface area contributed by atoms with E-state index in [4.69, 9.17) is 9.47 Å². The highest BCUT2D eigenvalue weighted by molar-refractivity contribution is 6.11. The number of nitrogens with zero attached hydrogens (tertiary/aromatic N) is 1. The number of anilines is 1. The van der Waals surface area contributed by atoms with E-state index in [1.54, 1.807) is 32.2 Å². The fourth-order valence-electron chi connectivity index (χ4n) is 5.60. The molecule has 2 aliphatic rings. The molecule has 1 amide bonds. The molecule has 0 saturated carbocycles. The SMILES string of the molecule is CCOC(=O)c1[nH]c2ccc(OC)cc2c1NC(=O)[C@@H](C)[NH+]1C[C@@H]2C[C@H](C1)c1cccc(=O)n1C2. The van der Waals surface area contributed by atoms with E-state index in [2.05, 4.69) is 10.3 Å². The fraction of sp³-hybridized carbons (Fsp3) is 0.423. The van der Waals surface area contributed by atoms with Gasteiger partial charge in [-0.3, -0.25) is 9.59 Å². The number of likely N-dealkylation sites (tertiary alicyclic amines) is 1. The molecular weight excluding hydrogens is 448 g/mol. The minimum Gasteiger partial charge on any atom is -0.497 e. The van der Waals surface area contributed by atoms with Crippen LogP contribution < -0.4 is 20.5 Å². The summed E-state index contributed by atoms with van der Waals surface area (Å²) in [5, 5.41) is 3.70. The number of quaternary nitrogens is 1. The predicted octanol–water partition coefficient (Wildman–Crippen LogP) is 1.54. The fourth-order valence-corrected chi connectivity index (χ4v) is 5.60. The first kappa shape index (κ1) is 23.2. The van der Waals surface area contributed by atoms with Gasteiger partial charge in [0, 0.05) is 41.0 Å². The van der Waals surface area contributed by atoms with Crippen LogP contribution >= 0.6 is 0 Å². The van der Waals surface area contributed by atoms with Crippen LogP contribution in [-0.2, 0) is 16.1 Å². The number of hydrogen-bond donors (Lipinski definition) is 3. The Labute approximate surface area is 203 Å². The smallest absolute Gasteiger partial charge is 0.356 e. The lowest BCUT2D eigenvalue weighted by molar-refractivity contribution is -0.924. The van der Waals surface area contributed by atoms with Gasteiger partial charge in [-0.05, 0) is 44.5 Å². The van der Waals surface area contributed by atoms with Gasteiger partial charge in [-0.25, -0.2) is 4.79 Å². The number of carbonyl (C=O) groups is 2. The van der Waals surface area contributed by atoms with Gasteiger partial charge in [0.05, 0.1) is 32.5 Å². The largest absolute Gasteiger partial charge is 0.497 e. The molecule has 2 aliphatic heterocycles. The Morgan fingerprint density at radius 3 is 2.86 bits per heavy atom. The highest BCUT2D eigenvalue weighted by Crippen LogP contribution is 2.32. The number of hydrogen-bond acceptors (Lipinski definition) is 5. The molecule has 9 nitrogen and oxygen atoms in total. The molecule has 2 aromatic heterocycles. The monoisotopic (exact) mass is 479 g/mol. The quantitative estimate of drug-likeness (QED) is 0.465. The van der Waals surface area contributed by atoms with Crippen molar-refractivity contribution in [3.8, 4) is 5.75 Å². The average Bonchev–Trinajstić information content (AvgIpc) is 3.21. The molecule has 1 saturated heterocycles. The number of amides is 1. The van der Waals surface area contributed by atoms with E-state index in [0.717, 1.165) is 25.2 Å². The zero-order valence-electron chi connectivity index (χ0n) is 20.2. The number of methoxy groups -OCH3 is 1. The maximum Gasteiger partial charge on any atom is 0.356 e. The minimum absolute atomic E-state index is 0.0488. The number of fused-ring (bicyclic) bond motifs is 5. The molecule has 1 aromatic carbocycles. The summed E-state index contributed by atoms with van der Waals surface area (Å²) in [6.07, 6.45) is 1.04. The van der Waals surface area contributed by atoms with Crippen molar-refractivity contribution in [3.05, 3.63) is 58.1 Å². The highest BCUT2D eigenvalue weighted by Gasteiger charge is 2.40. The van der Waals surface area contributed by atoms with Gasteiger partial charge < -0.3 is 29.2 Å². The molecular formula is C26H31N4O5+. The summed E-state index contributed by atoms with van der Waals surface area (Å²) in [7, 11) is 1.57. The van der Waals surface area contributed by atoms with E-state index < -0.39 is 5.97 Å². The summed E-state index contributed by atoms with van der Waals surface area (Å²) >= 11 is 0. The molecule has 4 atom stereocenters. The zero-order chi connectivity index (χ0) is 24.7. The van der Waals surface area contributed by atoms with Gasteiger partial charge >= 0.3 is 5.97 Å². The van der Waals surface area contributed by atoms with Crippen molar-refractivity contribution in [2.45, 2.75) is 38.8 Å². The second-order valence-corrected chi connectivity index (χ2v) is 9.48. The first-order chi connectivity index (χ1) is 16.9. The summed E-state index contributed by atoms with van der Waals surface area (Å²) in [4.78, 5) is 42.7. The molecule has 3 aromatic rings. The van der Waals surface area contributed by atoms with Gasteiger partial charge in [-0.15, -0.1) is 0 Å². The molecule has 35 heavy (non-hydrogen) atoms. The molecule has 9 heteroatoms. The first-order valence-corrected chi connectivity index (χ1v) is 12.1. The van der Waals surface area contributed by atoms with Crippen LogP contribution in [0.4, 0.5) is 5.69 Å². The third-order valence-electron chi connectivity index (χ3n) is 7.36. The van der Waals surface area contributed by atoms with Crippen molar-refractivity contribution >= 4 is 28.5 Å². The Morgan fingerprint density at radius 2 is 2.09 bits per heavy atom. The van der Waals surface area contributed by atoms with Crippen LogP contribution in [0.1, 0.15) is 42.4 Å². The summed E-state index contributed by atoms with van der Waals surface area (Å²) < 4.78 is 12.5. The lowest BCUT2D eigenvalue weighted by atomic mass is 9.82. The molecule has 0 radical (unpaired) electrons. The summed E-state index contributed by atoms with van der Waals surface area (Å²) in [6.45, 7) is 6.18. The van der Waals surface area contributed by atoms with E-state index in [9.17, 15) is 14.4 Å². The third-order valence-corrected chi connectivity index (χ3v) is 7.36. The van der Waals surface area contributed by atoms with Crippen molar-refractivity contribution in [2.24, 2.45) is 5.92 Å². The molecule has 5 rings (SSSR count). The van der Waals surface area contributed by atoms with E-state index >= 15 is 0 Å². The number of carbonyl (C=O) groups excluding carboxylic acids is 2. The van der Waals surface area contributed by atoms with Crippen LogP contribution in [0.5, 0.6) is 5.75 Å². The zero-order valence-corrected chi connectivity index (χ0v) is 20.2. The molecule has 184 valence electrons. The molecule has 3 N–H and O–H groups in total. The number of benzene rings is 1. The van der Waals surface area contributed by atoms with Gasteiger partial charge in [-0.2, -0.15) is 0 Å². The first-order valence-electron chi connectivity index (χ1n) is 12.1. The topological polar surface area (TPSA) is 107 Å². The van der Waals surface area contributed by atoms with Crippen molar-refractivity contribution in [1.29, 1.82) is 0 Å². The number of rotatable bonds is 6. The minimum atomic E-state index is -0.521. The molecule has 2 bridgehead atoms. The van der Waals surface area contributed by atoms with E-state index in [-0.39, 0.29) is 35.7 Å². The number of piperidine rings is 1. The van der Waals surface area contributed by atoms with Crippen LogP contribution in [0.3, 0.4) is 0 Å². The van der Waals surface area contributed by atoms with Gasteiger partial charge in [-0.1, -0.05) is 6.07 Å². The number of H-pyrrole nitrogens is 1. The second-order valence-electron chi connectivity index (χ2n) is 9.48. The standard InChI is InChI=1S/C26H30N4O5/c1-4-35-26(33)24-23(19-11-18(34-3)8-9-20(19)27-24)28-25(32)15(2)29-12-16-10-17(14-29)21-6-5-7-22(31)30(21)13-16/h5-9,11,15-17,27H,4,10,12-14H2,1-3H3,(H,28,32)/p+1/t15-,16+,17-/m1/s1. The lowest BCUT2D eigenvalue weighted by Gasteiger charge is -2.42. The molecule has 1 fully saturated rings. The Kier molecular flexibility index (Phi) is 6.10. The van der Waals surface area contributed by atoms with E-state index in [0.29, 0.717) is 34.8 Å². The number of nitrogens with one attached hydrogen (secondary N) is 3. The third kappa shape index (κ3) is 4.20. The Hall–Kier alpha value is -3.59. The Bertz CT molecular complexity index is 1340. The van der Waals surface area contributed by atoms with Crippen LogP contribution in [0.2, 0.25) is 0 Å². The van der Waals surface area contributed by atoms with Crippen molar-refractivity contribution in [1.82, 2.24) is 9.55 Å². The highest BCUT2D eigenvalue weighted by atomic mass is 16.5. The number of aromatic amines is 1. The lowest BCUT2D eigenvalue weighted by Crippen LogP contribution is -3.18. The number of ether oxygens (including phenoxy) is 2. The van der Waals surface area contributed by atoms with Gasteiger partial charge in [0.15, 0.2) is 6.04 Å². The van der Waals surface area contributed by atoms with Crippen molar-refractivity contribution < 1.29 is 24.0 Å². The molecule has 0 spiro atoms. The molecule has 1 unspecified atom stereocenters. The van der Waals surface area contributed by atoms with Gasteiger partial charge in [0.25, 0.3) is 11.5 Å². The molecule has 0 aliphatic carbocycles. The van der Waals surface area contributed by atoms with Crippen LogP contribution in [0.15, 0.2) is 41.2 Å². The summed E-state index contributed by atoms with van der Waals surface area (Å²) in [5.74, 6) is 0.527. The summed E-state index contributed by atoms with van der Waals surface area (Å²) in [6, 6.07) is 10.5. The normalized spacial score (nSPS) is 21.7.